The summed E-state index contributed by atoms with van der Waals surface area (Å²) in [7, 11) is 0. The maximum Gasteiger partial charge on any atom is 0.414 e. The standard InChI is InChI=1S/C20H22N4O4.ClH/c25-19(24-11-4-12-24)21-13-16-7-9-17(10-8-16)18(23-27)28-20(26)22-14-15-5-2-1-3-6-15;/h1-3,5-10,27H,4,11-14H2,(H,21,25)(H,22,26);1H/b23-18+;. The Labute approximate surface area is 174 Å². The van der Waals surface area contributed by atoms with Crippen molar-refractivity contribution in [3.8, 4) is 0 Å². The van der Waals surface area contributed by atoms with Crippen molar-refractivity contribution in [3.63, 3.8) is 0 Å². The molecule has 0 radical (unpaired) electrons. The zero-order chi connectivity index (χ0) is 19.8. The summed E-state index contributed by atoms with van der Waals surface area (Å²) in [6.45, 7) is 2.28. The van der Waals surface area contributed by atoms with Crippen LogP contribution in [0.25, 0.3) is 0 Å². The van der Waals surface area contributed by atoms with E-state index < -0.39 is 6.09 Å². The molecule has 3 N–H and O–H groups in total. The average molecular weight is 419 g/mol. The number of halogens is 1. The Morgan fingerprint density at radius 2 is 1.59 bits per heavy atom. The molecule has 0 spiro atoms. The number of alkyl carbamates (subject to hydrolysis) is 1. The van der Waals surface area contributed by atoms with Gasteiger partial charge in [-0.05, 0) is 34.8 Å². The van der Waals surface area contributed by atoms with Gasteiger partial charge < -0.3 is 25.5 Å². The molecule has 0 saturated carbocycles. The number of likely N-dealkylation sites (tertiary alicyclic amines) is 1. The van der Waals surface area contributed by atoms with Crippen molar-refractivity contribution in [3.05, 3.63) is 71.3 Å². The first-order chi connectivity index (χ1) is 13.7. The van der Waals surface area contributed by atoms with Crippen molar-refractivity contribution in [1.82, 2.24) is 15.5 Å². The molecule has 1 heterocycles. The van der Waals surface area contributed by atoms with Gasteiger partial charge in [0.25, 0.3) is 5.90 Å². The number of ether oxygens (including phenoxy) is 1. The second-order valence-corrected chi connectivity index (χ2v) is 6.33. The van der Waals surface area contributed by atoms with Crippen LogP contribution < -0.4 is 10.6 Å². The normalized spacial score (nSPS) is 13.0. The van der Waals surface area contributed by atoms with Gasteiger partial charge in [-0.25, -0.2) is 9.59 Å². The van der Waals surface area contributed by atoms with Crippen LogP contribution in [0, 0.1) is 0 Å². The number of nitrogens with zero attached hydrogens (tertiary/aromatic N) is 2. The number of hydrogen-bond donors (Lipinski definition) is 3. The van der Waals surface area contributed by atoms with Gasteiger partial charge in [-0.2, -0.15) is 0 Å². The fraction of sp³-hybridized carbons (Fsp3) is 0.250. The third-order valence-electron chi connectivity index (χ3n) is 4.35. The topological polar surface area (TPSA) is 103 Å². The van der Waals surface area contributed by atoms with Crippen LogP contribution in [0.15, 0.2) is 59.8 Å². The average Bonchev–Trinajstić information content (AvgIpc) is 2.69. The summed E-state index contributed by atoms with van der Waals surface area (Å²) in [6, 6.07) is 16.2. The van der Waals surface area contributed by atoms with Crippen LogP contribution in [-0.4, -0.2) is 41.2 Å². The van der Waals surface area contributed by atoms with Gasteiger partial charge in [0.05, 0.1) is 0 Å². The predicted octanol–water partition coefficient (Wildman–Crippen LogP) is 3.09. The third kappa shape index (κ3) is 6.39. The number of nitrogens with one attached hydrogen (secondary N) is 2. The molecular weight excluding hydrogens is 396 g/mol. The summed E-state index contributed by atoms with van der Waals surface area (Å²) in [5, 5.41) is 17.7. The molecule has 154 valence electrons. The predicted molar refractivity (Wildman–Crippen MR) is 110 cm³/mol. The molecule has 8 nitrogen and oxygen atoms in total. The van der Waals surface area contributed by atoms with E-state index in [-0.39, 0.29) is 24.3 Å². The van der Waals surface area contributed by atoms with E-state index in [9.17, 15) is 14.8 Å². The van der Waals surface area contributed by atoms with Gasteiger partial charge in [-0.3, -0.25) is 0 Å². The maximum absolute atomic E-state index is 11.9. The molecule has 0 atom stereocenters. The fourth-order valence-corrected chi connectivity index (χ4v) is 2.61. The molecule has 2 aromatic rings. The molecule has 2 aromatic carbocycles. The van der Waals surface area contributed by atoms with Crippen molar-refractivity contribution >= 4 is 30.4 Å². The fourth-order valence-electron chi connectivity index (χ4n) is 2.61. The first-order valence-corrected chi connectivity index (χ1v) is 8.99. The van der Waals surface area contributed by atoms with Crippen molar-refractivity contribution < 1.29 is 19.5 Å². The molecule has 0 bridgehead atoms. The van der Waals surface area contributed by atoms with Gasteiger partial charge in [-0.1, -0.05) is 42.5 Å². The molecule has 0 unspecified atom stereocenters. The molecular formula is C20H23ClN4O4. The smallest absolute Gasteiger partial charge is 0.408 e. The zero-order valence-corrected chi connectivity index (χ0v) is 16.5. The summed E-state index contributed by atoms with van der Waals surface area (Å²) in [5.74, 6) is -0.207. The minimum absolute atomic E-state index is 0. The lowest BCUT2D eigenvalue weighted by Gasteiger charge is -2.30. The van der Waals surface area contributed by atoms with Crippen LogP contribution in [0.1, 0.15) is 23.1 Å². The van der Waals surface area contributed by atoms with Crippen LogP contribution in [-0.2, 0) is 17.8 Å². The minimum atomic E-state index is -0.720. The third-order valence-corrected chi connectivity index (χ3v) is 4.35. The molecule has 1 saturated heterocycles. The van der Waals surface area contributed by atoms with E-state index in [0.717, 1.165) is 30.6 Å². The lowest BCUT2D eigenvalue weighted by Crippen LogP contribution is -2.47. The largest absolute Gasteiger partial charge is 0.414 e. The molecule has 29 heavy (non-hydrogen) atoms. The summed E-state index contributed by atoms with van der Waals surface area (Å²) < 4.78 is 5.07. The number of benzene rings is 2. The number of rotatable bonds is 5. The first-order valence-electron chi connectivity index (χ1n) is 8.99. The summed E-state index contributed by atoms with van der Waals surface area (Å²) in [5.41, 5.74) is 2.24. The van der Waals surface area contributed by atoms with Crippen LogP contribution in [0.5, 0.6) is 0 Å². The molecule has 0 aromatic heterocycles. The molecule has 1 fully saturated rings. The Balaban J connectivity index is 0.00000300. The summed E-state index contributed by atoms with van der Waals surface area (Å²) >= 11 is 0. The Kier molecular flexibility index (Phi) is 8.29. The molecule has 9 heteroatoms. The van der Waals surface area contributed by atoms with Crippen molar-refractivity contribution in [1.29, 1.82) is 0 Å². The van der Waals surface area contributed by atoms with E-state index in [1.165, 1.54) is 0 Å². The number of oxime groups is 1. The molecule has 3 amide bonds. The van der Waals surface area contributed by atoms with Crippen LogP contribution >= 0.6 is 12.4 Å². The Bertz CT molecular complexity index is 839. The van der Waals surface area contributed by atoms with Gasteiger partial charge in [-0.15, -0.1) is 12.4 Å². The molecule has 1 aliphatic heterocycles. The summed E-state index contributed by atoms with van der Waals surface area (Å²) in [6.07, 6.45) is 0.326. The molecule has 0 aliphatic carbocycles. The van der Waals surface area contributed by atoms with Crippen molar-refractivity contribution in [2.45, 2.75) is 19.5 Å². The van der Waals surface area contributed by atoms with E-state index in [0.29, 0.717) is 18.7 Å². The Morgan fingerprint density at radius 1 is 0.966 bits per heavy atom. The SMILES string of the molecule is Cl.O=C(NCc1ccccc1)O/C(=N/O)c1ccc(CNC(=O)N2CCC2)cc1. The maximum atomic E-state index is 11.9. The Hall–Kier alpha value is -3.26. The lowest BCUT2D eigenvalue weighted by molar-refractivity contribution is 0.167. The van der Waals surface area contributed by atoms with Gasteiger partial charge in [0, 0.05) is 31.7 Å². The number of amides is 3. The zero-order valence-electron chi connectivity index (χ0n) is 15.7. The first kappa shape index (κ1) is 22.0. The minimum Gasteiger partial charge on any atom is -0.408 e. The van der Waals surface area contributed by atoms with Gasteiger partial charge in [0.1, 0.15) is 0 Å². The highest BCUT2D eigenvalue weighted by Crippen LogP contribution is 2.09. The van der Waals surface area contributed by atoms with E-state index in [2.05, 4.69) is 15.8 Å². The number of hydrogen-bond acceptors (Lipinski definition) is 5. The van der Waals surface area contributed by atoms with Gasteiger partial charge in [0.15, 0.2) is 0 Å². The van der Waals surface area contributed by atoms with Crippen LogP contribution in [0.2, 0.25) is 0 Å². The molecule has 3 rings (SSSR count). The van der Waals surface area contributed by atoms with E-state index in [1.807, 2.05) is 30.3 Å². The lowest BCUT2D eigenvalue weighted by atomic mass is 10.1. The number of carbonyl (C=O) groups is 2. The number of urea groups is 1. The highest BCUT2D eigenvalue weighted by atomic mass is 35.5. The van der Waals surface area contributed by atoms with Crippen molar-refractivity contribution in [2.24, 2.45) is 5.16 Å². The van der Waals surface area contributed by atoms with Crippen LogP contribution in [0.3, 0.4) is 0 Å². The summed E-state index contributed by atoms with van der Waals surface area (Å²) in [4.78, 5) is 25.5. The highest BCUT2D eigenvalue weighted by Gasteiger charge is 2.19. The highest BCUT2D eigenvalue weighted by molar-refractivity contribution is 5.99. The van der Waals surface area contributed by atoms with Gasteiger partial charge >= 0.3 is 12.1 Å². The van der Waals surface area contributed by atoms with Crippen molar-refractivity contribution in [2.75, 3.05) is 13.1 Å². The van der Waals surface area contributed by atoms with E-state index in [1.54, 1.807) is 29.2 Å². The monoisotopic (exact) mass is 418 g/mol. The molecule has 1 aliphatic rings. The second kappa shape index (κ2) is 10.9. The Morgan fingerprint density at radius 3 is 2.17 bits per heavy atom. The van der Waals surface area contributed by atoms with Gasteiger partial charge in [0.2, 0.25) is 0 Å². The van der Waals surface area contributed by atoms with E-state index in [4.69, 9.17) is 4.74 Å². The number of carbonyl (C=O) groups excluding carboxylic acids is 2. The van der Waals surface area contributed by atoms with Crippen LogP contribution in [0.4, 0.5) is 9.59 Å². The van der Waals surface area contributed by atoms with E-state index >= 15 is 0 Å². The second-order valence-electron chi connectivity index (χ2n) is 6.33. The quantitative estimate of drug-likeness (QED) is 0.300.